The molecule has 25 heavy (non-hydrogen) atoms. The highest BCUT2D eigenvalue weighted by Crippen LogP contribution is 2.18. The predicted octanol–water partition coefficient (Wildman–Crippen LogP) is 2.22. The Bertz CT molecular complexity index is 595. The van der Waals surface area contributed by atoms with Crippen molar-refractivity contribution in [1.29, 1.82) is 0 Å². The molecule has 0 aliphatic carbocycles. The summed E-state index contributed by atoms with van der Waals surface area (Å²) in [6, 6.07) is 6.83. The maximum absolute atomic E-state index is 12.1. The molecule has 1 fully saturated rings. The molecular formula is C18H28ClN3O3. The highest BCUT2D eigenvalue weighted by Gasteiger charge is 2.27. The van der Waals surface area contributed by atoms with Crippen molar-refractivity contribution < 1.29 is 14.3 Å². The van der Waals surface area contributed by atoms with E-state index in [1.54, 1.807) is 0 Å². The van der Waals surface area contributed by atoms with Crippen LogP contribution in [0.2, 0.25) is 0 Å². The molecule has 2 rings (SSSR count). The van der Waals surface area contributed by atoms with Crippen molar-refractivity contribution in [1.82, 2.24) is 5.32 Å². The van der Waals surface area contributed by atoms with Gasteiger partial charge >= 0.3 is 0 Å². The Morgan fingerprint density at radius 2 is 2.08 bits per heavy atom. The highest BCUT2D eigenvalue weighted by atomic mass is 35.5. The van der Waals surface area contributed by atoms with E-state index in [1.165, 1.54) is 0 Å². The Hall–Kier alpha value is -1.63. The van der Waals surface area contributed by atoms with Crippen LogP contribution in [0.5, 0.6) is 0 Å². The zero-order valence-electron chi connectivity index (χ0n) is 15.0. The molecule has 1 unspecified atom stereocenters. The Balaban J connectivity index is 0.00000312. The fraction of sp³-hybridized carbons (Fsp3) is 0.556. The standard InChI is InChI=1S/C18H27N3O3.ClH/c1-18(2,3)15(19)17(23)20-11-12-6-4-7-13(10-12)21-16(22)14-8-5-9-24-14;/h4,6-7,10,14-15H,5,8-9,11,19H2,1-3H3,(H,20,23)(H,21,22);1H/t14?,15-;/m1./s1. The minimum Gasteiger partial charge on any atom is -0.368 e. The van der Waals surface area contributed by atoms with E-state index < -0.39 is 6.04 Å². The van der Waals surface area contributed by atoms with Crippen LogP contribution in [0.25, 0.3) is 0 Å². The summed E-state index contributed by atoms with van der Waals surface area (Å²) in [5.41, 5.74) is 7.25. The number of nitrogens with one attached hydrogen (secondary N) is 2. The van der Waals surface area contributed by atoms with E-state index in [2.05, 4.69) is 10.6 Å². The lowest BCUT2D eigenvalue weighted by molar-refractivity contribution is -0.125. The number of nitrogens with two attached hydrogens (primary N) is 1. The van der Waals surface area contributed by atoms with Gasteiger partial charge in [0.05, 0.1) is 6.04 Å². The summed E-state index contributed by atoms with van der Waals surface area (Å²) >= 11 is 0. The lowest BCUT2D eigenvalue weighted by Gasteiger charge is -2.25. The second-order valence-electron chi connectivity index (χ2n) is 7.25. The summed E-state index contributed by atoms with van der Waals surface area (Å²) in [5, 5.41) is 5.70. The van der Waals surface area contributed by atoms with Gasteiger partial charge in [-0.25, -0.2) is 0 Å². The lowest BCUT2D eigenvalue weighted by atomic mass is 9.87. The summed E-state index contributed by atoms with van der Waals surface area (Å²) < 4.78 is 5.37. The van der Waals surface area contributed by atoms with E-state index in [1.807, 2.05) is 45.0 Å². The summed E-state index contributed by atoms with van der Waals surface area (Å²) in [6.07, 6.45) is 1.31. The molecule has 140 valence electrons. The summed E-state index contributed by atoms with van der Waals surface area (Å²) in [5.74, 6) is -0.306. The number of hydrogen-bond acceptors (Lipinski definition) is 4. The molecule has 1 aliphatic rings. The number of hydrogen-bond donors (Lipinski definition) is 3. The van der Waals surface area contributed by atoms with Crippen molar-refractivity contribution in [2.75, 3.05) is 11.9 Å². The average molecular weight is 370 g/mol. The monoisotopic (exact) mass is 369 g/mol. The van der Waals surface area contributed by atoms with Crippen LogP contribution in [0.15, 0.2) is 24.3 Å². The Kier molecular flexibility index (Phi) is 7.86. The van der Waals surface area contributed by atoms with Gasteiger partial charge in [-0.3, -0.25) is 9.59 Å². The molecule has 0 aromatic heterocycles. The fourth-order valence-electron chi connectivity index (χ4n) is 2.46. The first kappa shape index (κ1) is 21.4. The van der Waals surface area contributed by atoms with Gasteiger partial charge in [0.25, 0.3) is 5.91 Å². The average Bonchev–Trinajstić information content (AvgIpc) is 3.06. The van der Waals surface area contributed by atoms with Crippen LogP contribution >= 0.6 is 12.4 Å². The summed E-state index contributed by atoms with van der Waals surface area (Å²) in [4.78, 5) is 24.1. The lowest BCUT2D eigenvalue weighted by Crippen LogP contribution is -2.48. The molecule has 1 aromatic carbocycles. The number of rotatable bonds is 5. The molecular weight excluding hydrogens is 342 g/mol. The number of carbonyl (C=O) groups excluding carboxylic acids is 2. The van der Waals surface area contributed by atoms with Crippen molar-refractivity contribution in [2.24, 2.45) is 11.1 Å². The number of benzene rings is 1. The van der Waals surface area contributed by atoms with Crippen LogP contribution in [0.1, 0.15) is 39.2 Å². The van der Waals surface area contributed by atoms with Crippen molar-refractivity contribution in [2.45, 2.75) is 52.3 Å². The van der Waals surface area contributed by atoms with Crippen LogP contribution < -0.4 is 16.4 Å². The largest absolute Gasteiger partial charge is 0.368 e. The molecule has 2 atom stereocenters. The van der Waals surface area contributed by atoms with Crippen LogP contribution in [0.3, 0.4) is 0 Å². The molecule has 0 bridgehead atoms. The number of amides is 2. The zero-order chi connectivity index (χ0) is 17.7. The molecule has 1 aromatic rings. The van der Waals surface area contributed by atoms with Gasteiger partial charge in [-0.05, 0) is 36.0 Å². The fourth-order valence-corrected chi connectivity index (χ4v) is 2.46. The number of anilines is 1. The molecule has 1 heterocycles. The van der Waals surface area contributed by atoms with Gasteiger partial charge in [0.15, 0.2) is 0 Å². The third-order valence-corrected chi connectivity index (χ3v) is 4.10. The smallest absolute Gasteiger partial charge is 0.253 e. The second-order valence-corrected chi connectivity index (χ2v) is 7.25. The van der Waals surface area contributed by atoms with Crippen LogP contribution in [0.4, 0.5) is 5.69 Å². The quantitative estimate of drug-likeness (QED) is 0.741. The number of carbonyl (C=O) groups is 2. The SMILES string of the molecule is CC(C)(C)[C@H](N)C(=O)NCc1cccc(NC(=O)C2CCCO2)c1.Cl. The Morgan fingerprint density at radius 3 is 2.68 bits per heavy atom. The minimum absolute atomic E-state index is 0. The van der Waals surface area contributed by atoms with Crippen LogP contribution in [0, 0.1) is 5.41 Å². The van der Waals surface area contributed by atoms with E-state index in [-0.39, 0.29) is 35.7 Å². The second kappa shape index (κ2) is 9.17. The maximum Gasteiger partial charge on any atom is 0.253 e. The van der Waals surface area contributed by atoms with Gasteiger partial charge in [-0.1, -0.05) is 32.9 Å². The van der Waals surface area contributed by atoms with Crippen molar-refractivity contribution >= 4 is 29.9 Å². The third kappa shape index (κ3) is 6.30. The third-order valence-electron chi connectivity index (χ3n) is 4.10. The predicted molar refractivity (Wildman–Crippen MR) is 101 cm³/mol. The summed E-state index contributed by atoms with van der Waals surface area (Å²) in [7, 11) is 0. The van der Waals surface area contributed by atoms with E-state index in [9.17, 15) is 9.59 Å². The first-order chi connectivity index (χ1) is 11.3. The molecule has 1 saturated heterocycles. The van der Waals surface area contributed by atoms with Gasteiger partial charge < -0.3 is 21.1 Å². The number of ether oxygens (including phenoxy) is 1. The van der Waals surface area contributed by atoms with Crippen LogP contribution in [-0.4, -0.2) is 30.6 Å². The van der Waals surface area contributed by atoms with Crippen molar-refractivity contribution in [3.63, 3.8) is 0 Å². The van der Waals surface area contributed by atoms with Gasteiger partial charge in [-0.2, -0.15) is 0 Å². The van der Waals surface area contributed by atoms with E-state index >= 15 is 0 Å². The molecule has 0 radical (unpaired) electrons. The molecule has 6 nitrogen and oxygen atoms in total. The molecule has 4 N–H and O–H groups in total. The normalized spacial score (nSPS) is 18.2. The molecule has 0 spiro atoms. The van der Waals surface area contributed by atoms with Crippen molar-refractivity contribution in [3.05, 3.63) is 29.8 Å². The van der Waals surface area contributed by atoms with Gasteiger partial charge in [0.1, 0.15) is 6.10 Å². The van der Waals surface area contributed by atoms with E-state index in [0.29, 0.717) is 18.8 Å². The van der Waals surface area contributed by atoms with Crippen LogP contribution in [-0.2, 0) is 20.9 Å². The summed E-state index contributed by atoms with van der Waals surface area (Å²) in [6.45, 7) is 6.79. The topological polar surface area (TPSA) is 93.5 Å². The zero-order valence-corrected chi connectivity index (χ0v) is 15.8. The molecule has 1 aliphatic heterocycles. The first-order valence-corrected chi connectivity index (χ1v) is 8.32. The maximum atomic E-state index is 12.1. The van der Waals surface area contributed by atoms with Gasteiger partial charge in [0, 0.05) is 18.8 Å². The van der Waals surface area contributed by atoms with Gasteiger partial charge in [-0.15, -0.1) is 12.4 Å². The van der Waals surface area contributed by atoms with E-state index in [4.69, 9.17) is 10.5 Å². The highest BCUT2D eigenvalue weighted by molar-refractivity contribution is 5.94. The first-order valence-electron chi connectivity index (χ1n) is 8.32. The minimum atomic E-state index is -0.570. The molecule has 2 amide bonds. The van der Waals surface area contributed by atoms with E-state index in [0.717, 1.165) is 18.4 Å². The Labute approximate surface area is 155 Å². The molecule has 0 saturated carbocycles. The molecule has 7 heteroatoms. The van der Waals surface area contributed by atoms with Crippen molar-refractivity contribution in [3.8, 4) is 0 Å². The van der Waals surface area contributed by atoms with Gasteiger partial charge in [0.2, 0.25) is 5.91 Å². The Morgan fingerprint density at radius 1 is 1.36 bits per heavy atom. The number of halogens is 1.